The molecule has 0 unspecified atom stereocenters. The highest BCUT2D eigenvalue weighted by atomic mass is 32.2. The van der Waals surface area contributed by atoms with E-state index in [-0.39, 0.29) is 4.91 Å². The van der Waals surface area contributed by atoms with Crippen molar-refractivity contribution in [3.8, 4) is 0 Å². The van der Waals surface area contributed by atoms with Crippen molar-refractivity contribution in [2.24, 2.45) is 0 Å². The number of carbonyl (C=O) groups is 3. The fourth-order valence-electron chi connectivity index (χ4n) is 1.26. The topological polar surface area (TPSA) is 103 Å². The predicted molar refractivity (Wildman–Crippen MR) is 58.9 cm³/mol. The fraction of sp³-hybridized carbons (Fsp3) is 0.111. The van der Waals surface area contributed by atoms with E-state index in [4.69, 9.17) is 5.11 Å². The van der Waals surface area contributed by atoms with Crippen molar-refractivity contribution < 1.29 is 19.5 Å². The number of hydrogen-bond acceptors (Lipinski definition) is 5. The number of imidazole rings is 1. The average molecular weight is 253 g/mol. The Morgan fingerprint density at radius 3 is 2.94 bits per heavy atom. The van der Waals surface area contributed by atoms with Crippen LogP contribution >= 0.6 is 11.8 Å². The molecule has 17 heavy (non-hydrogen) atoms. The first-order chi connectivity index (χ1) is 8.08. The van der Waals surface area contributed by atoms with Crippen molar-refractivity contribution in [2.75, 3.05) is 6.54 Å². The minimum atomic E-state index is -1.23. The number of carboxylic acid groups (broad SMARTS) is 1. The Kier molecular flexibility index (Phi) is 2.96. The molecular weight excluding hydrogens is 246 g/mol. The van der Waals surface area contributed by atoms with Crippen LogP contribution in [0, 0.1) is 0 Å². The van der Waals surface area contributed by atoms with E-state index < -0.39 is 23.7 Å². The van der Waals surface area contributed by atoms with Crippen LogP contribution in [-0.2, 0) is 9.59 Å². The number of carbonyl (C=O) groups excluding carboxylic acids is 2. The molecule has 1 aromatic heterocycles. The van der Waals surface area contributed by atoms with Gasteiger partial charge in [0.25, 0.3) is 11.1 Å². The zero-order chi connectivity index (χ0) is 12.4. The van der Waals surface area contributed by atoms with Crippen molar-refractivity contribution in [1.29, 1.82) is 0 Å². The summed E-state index contributed by atoms with van der Waals surface area (Å²) in [6, 6.07) is 0. The molecule has 2 N–H and O–H groups in total. The predicted octanol–water partition coefficient (Wildman–Crippen LogP) is 0.531. The third-order valence-corrected chi connectivity index (χ3v) is 2.87. The van der Waals surface area contributed by atoms with Gasteiger partial charge in [-0.3, -0.25) is 19.3 Å². The minimum Gasteiger partial charge on any atom is -0.480 e. The van der Waals surface area contributed by atoms with Crippen molar-refractivity contribution in [2.45, 2.75) is 0 Å². The van der Waals surface area contributed by atoms with Gasteiger partial charge < -0.3 is 10.1 Å². The quantitative estimate of drug-likeness (QED) is 0.761. The lowest BCUT2D eigenvalue weighted by Gasteiger charge is -2.07. The molecule has 0 atom stereocenters. The third-order valence-electron chi connectivity index (χ3n) is 1.97. The first-order valence-electron chi connectivity index (χ1n) is 4.54. The Morgan fingerprint density at radius 1 is 1.59 bits per heavy atom. The van der Waals surface area contributed by atoms with Gasteiger partial charge in [-0.1, -0.05) is 0 Å². The van der Waals surface area contributed by atoms with Gasteiger partial charge in [0.05, 0.1) is 16.9 Å². The van der Waals surface area contributed by atoms with E-state index in [1.165, 1.54) is 12.4 Å². The molecule has 0 bridgehead atoms. The van der Waals surface area contributed by atoms with Gasteiger partial charge in [-0.15, -0.1) is 0 Å². The van der Waals surface area contributed by atoms with Crippen molar-refractivity contribution >= 4 is 35.0 Å². The van der Waals surface area contributed by atoms with E-state index in [0.29, 0.717) is 22.4 Å². The van der Waals surface area contributed by atoms with Crippen molar-refractivity contribution in [3.05, 3.63) is 23.1 Å². The third kappa shape index (κ3) is 2.36. The van der Waals surface area contributed by atoms with Crippen molar-refractivity contribution in [3.63, 3.8) is 0 Å². The number of aromatic nitrogens is 2. The van der Waals surface area contributed by atoms with Crippen LogP contribution in [0.2, 0.25) is 0 Å². The number of aliphatic carboxylic acids is 1. The van der Waals surface area contributed by atoms with Crippen LogP contribution in [-0.4, -0.2) is 43.6 Å². The summed E-state index contributed by atoms with van der Waals surface area (Å²) in [6.07, 6.45) is 4.43. The molecule has 1 aliphatic heterocycles. The summed E-state index contributed by atoms with van der Waals surface area (Å²) in [6.45, 7) is -0.622. The van der Waals surface area contributed by atoms with Crippen LogP contribution in [0.3, 0.4) is 0 Å². The second kappa shape index (κ2) is 4.42. The monoisotopic (exact) mass is 253 g/mol. The summed E-state index contributed by atoms with van der Waals surface area (Å²) in [7, 11) is 0. The smallest absolute Gasteiger partial charge is 0.323 e. The molecule has 1 aromatic rings. The number of nitrogens with zero attached hydrogens (tertiary/aromatic N) is 2. The second-order valence-electron chi connectivity index (χ2n) is 3.16. The minimum absolute atomic E-state index is 0.170. The first-order valence-corrected chi connectivity index (χ1v) is 5.35. The zero-order valence-electron chi connectivity index (χ0n) is 8.41. The normalized spacial score (nSPS) is 18.1. The molecule has 1 saturated heterocycles. The van der Waals surface area contributed by atoms with Gasteiger partial charge in [-0.25, -0.2) is 4.98 Å². The first kappa shape index (κ1) is 11.4. The molecular formula is C9H7N3O4S. The number of hydrogen-bond donors (Lipinski definition) is 2. The van der Waals surface area contributed by atoms with Crippen LogP contribution in [0.4, 0.5) is 4.79 Å². The molecule has 88 valence electrons. The summed E-state index contributed by atoms with van der Waals surface area (Å²) in [5.41, 5.74) is 0.505. The number of amides is 2. The lowest BCUT2D eigenvalue weighted by Crippen LogP contribution is -2.33. The van der Waals surface area contributed by atoms with Gasteiger partial charge in [0, 0.05) is 6.20 Å². The summed E-state index contributed by atoms with van der Waals surface area (Å²) in [4.78, 5) is 41.0. The van der Waals surface area contributed by atoms with Gasteiger partial charge in [0.2, 0.25) is 0 Å². The Labute approximate surface area is 99.5 Å². The van der Waals surface area contributed by atoms with Crippen LogP contribution in [0.15, 0.2) is 17.4 Å². The number of rotatable bonds is 3. The SMILES string of the molecule is O=C(O)CN1C(=O)SC(=Cc2c[nH]cn2)C1=O. The highest BCUT2D eigenvalue weighted by Crippen LogP contribution is 2.31. The fourth-order valence-corrected chi connectivity index (χ4v) is 2.08. The van der Waals surface area contributed by atoms with Gasteiger partial charge in [0.15, 0.2) is 0 Å². The maximum atomic E-state index is 11.7. The molecule has 0 radical (unpaired) electrons. The van der Waals surface area contributed by atoms with E-state index in [1.807, 2.05) is 0 Å². The molecule has 0 saturated carbocycles. The lowest BCUT2D eigenvalue weighted by atomic mass is 10.3. The standard InChI is InChI=1S/C9H7N3O4S/c13-7(14)3-12-8(15)6(17-9(12)16)1-5-2-10-4-11-5/h1-2,4H,3H2,(H,10,11)(H,13,14). The summed E-state index contributed by atoms with van der Waals surface area (Å²) < 4.78 is 0. The van der Waals surface area contributed by atoms with E-state index in [0.717, 1.165) is 0 Å². The van der Waals surface area contributed by atoms with Gasteiger partial charge in [-0.2, -0.15) is 0 Å². The van der Waals surface area contributed by atoms with Crippen molar-refractivity contribution in [1.82, 2.24) is 14.9 Å². The van der Waals surface area contributed by atoms with Gasteiger partial charge >= 0.3 is 5.97 Å². The Bertz CT molecular complexity index is 508. The average Bonchev–Trinajstić information content (AvgIpc) is 2.83. The van der Waals surface area contributed by atoms with Crippen LogP contribution < -0.4 is 0 Å². The van der Waals surface area contributed by atoms with Gasteiger partial charge in [0.1, 0.15) is 6.54 Å². The lowest BCUT2D eigenvalue weighted by molar-refractivity contribution is -0.140. The number of aromatic amines is 1. The van der Waals surface area contributed by atoms with Gasteiger partial charge in [-0.05, 0) is 17.8 Å². The second-order valence-corrected chi connectivity index (χ2v) is 4.15. The maximum Gasteiger partial charge on any atom is 0.323 e. The van der Waals surface area contributed by atoms with E-state index in [9.17, 15) is 14.4 Å². The molecule has 2 rings (SSSR count). The van der Waals surface area contributed by atoms with E-state index in [1.54, 1.807) is 6.20 Å². The molecule has 0 aromatic carbocycles. The van der Waals surface area contributed by atoms with E-state index in [2.05, 4.69) is 9.97 Å². The number of H-pyrrole nitrogens is 1. The zero-order valence-corrected chi connectivity index (χ0v) is 9.23. The highest BCUT2D eigenvalue weighted by Gasteiger charge is 2.36. The Balaban J connectivity index is 2.21. The number of imide groups is 1. The maximum absolute atomic E-state index is 11.7. The molecule has 0 spiro atoms. The Morgan fingerprint density at radius 2 is 2.35 bits per heavy atom. The number of nitrogens with one attached hydrogen (secondary N) is 1. The van der Waals surface area contributed by atoms with Crippen LogP contribution in [0.1, 0.15) is 5.69 Å². The number of thioether (sulfide) groups is 1. The molecule has 2 heterocycles. The van der Waals surface area contributed by atoms with Crippen LogP contribution in [0.5, 0.6) is 0 Å². The summed E-state index contributed by atoms with van der Waals surface area (Å²) in [5.74, 6) is -1.83. The highest BCUT2D eigenvalue weighted by molar-refractivity contribution is 8.18. The van der Waals surface area contributed by atoms with Crippen LogP contribution in [0.25, 0.3) is 6.08 Å². The molecule has 0 aliphatic carbocycles. The van der Waals surface area contributed by atoms with E-state index >= 15 is 0 Å². The molecule has 1 aliphatic rings. The molecule has 2 amide bonds. The molecule has 8 heteroatoms. The molecule has 7 nitrogen and oxygen atoms in total. The number of carboxylic acids is 1. The summed E-state index contributed by atoms with van der Waals surface area (Å²) >= 11 is 0.703. The largest absolute Gasteiger partial charge is 0.480 e. The Hall–Kier alpha value is -2.09. The molecule has 1 fully saturated rings. The summed E-state index contributed by atoms with van der Waals surface area (Å²) in [5, 5.41) is 7.98.